The summed E-state index contributed by atoms with van der Waals surface area (Å²) in [5.41, 5.74) is 0.0920. The van der Waals surface area contributed by atoms with Crippen molar-refractivity contribution in [1.29, 1.82) is 0 Å². The molecule has 124 valence electrons. The van der Waals surface area contributed by atoms with Crippen LogP contribution in [0.15, 0.2) is 0 Å². The van der Waals surface area contributed by atoms with E-state index in [0.717, 1.165) is 25.9 Å². The van der Waals surface area contributed by atoms with Crippen LogP contribution in [0.5, 0.6) is 0 Å². The van der Waals surface area contributed by atoms with Gasteiger partial charge in [-0.15, -0.1) is 0 Å². The van der Waals surface area contributed by atoms with Crippen LogP contribution in [0.25, 0.3) is 0 Å². The molecule has 1 fully saturated rings. The van der Waals surface area contributed by atoms with Gasteiger partial charge in [-0.25, -0.2) is 13.1 Å². The van der Waals surface area contributed by atoms with Gasteiger partial charge in [0.05, 0.1) is 18.9 Å². The Labute approximate surface area is 127 Å². The van der Waals surface area contributed by atoms with Crippen molar-refractivity contribution in [2.75, 3.05) is 45.1 Å². The first-order valence-electron chi connectivity index (χ1n) is 7.39. The van der Waals surface area contributed by atoms with Crippen molar-refractivity contribution in [2.24, 2.45) is 5.41 Å². The van der Waals surface area contributed by atoms with Gasteiger partial charge in [0.2, 0.25) is 15.9 Å². The lowest BCUT2D eigenvalue weighted by Crippen LogP contribution is -2.45. The van der Waals surface area contributed by atoms with Crippen LogP contribution < -0.4 is 15.4 Å². The molecule has 1 heterocycles. The Morgan fingerprint density at radius 3 is 2.62 bits per heavy atom. The van der Waals surface area contributed by atoms with E-state index in [1.54, 1.807) is 6.92 Å². The minimum absolute atomic E-state index is 0.0920. The van der Waals surface area contributed by atoms with Gasteiger partial charge in [-0.3, -0.25) is 4.79 Å². The fourth-order valence-corrected chi connectivity index (χ4v) is 2.97. The molecule has 0 aromatic heterocycles. The van der Waals surface area contributed by atoms with E-state index < -0.39 is 10.0 Å². The molecule has 0 spiro atoms. The van der Waals surface area contributed by atoms with Crippen molar-refractivity contribution >= 4 is 15.9 Å². The highest BCUT2D eigenvalue weighted by Gasteiger charge is 2.27. The fourth-order valence-electron chi connectivity index (χ4n) is 2.14. The number of carbonyl (C=O) groups is 1. The lowest BCUT2D eigenvalue weighted by atomic mass is 9.81. The lowest BCUT2D eigenvalue weighted by Gasteiger charge is -2.34. The van der Waals surface area contributed by atoms with Crippen LogP contribution in [0.2, 0.25) is 0 Å². The van der Waals surface area contributed by atoms with Gasteiger partial charge in [-0.2, -0.15) is 0 Å². The molecule has 7 nitrogen and oxygen atoms in total. The molecule has 1 saturated heterocycles. The maximum atomic E-state index is 11.7. The van der Waals surface area contributed by atoms with Crippen LogP contribution in [-0.2, 0) is 19.6 Å². The van der Waals surface area contributed by atoms with Gasteiger partial charge in [0.25, 0.3) is 0 Å². The summed E-state index contributed by atoms with van der Waals surface area (Å²) < 4.78 is 30.5. The molecule has 0 aromatic rings. The molecule has 1 aliphatic rings. The molecule has 21 heavy (non-hydrogen) atoms. The smallest absolute Gasteiger partial charge is 0.235 e. The van der Waals surface area contributed by atoms with Crippen LogP contribution in [0.3, 0.4) is 0 Å². The van der Waals surface area contributed by atoms with Crippen molar-refractivity contribution in [3.05, 3.63) is 0 Å². The number of piperidine rings is 1. The maximum absolute atomic E-state index is 11.7. The van der Waals surface area contributed by atoms with Gasteiger partial charge in [-0.1, -0.05) is 6.92 Å². The number of hydrogen-bond acceptors (Lipinski definition) is 5. The summed E-state index contributed by atoms with van der Waals surface area (Å²) in [7, 11) is -3.45. The van der Waals surface area contributed by atoms with E-state index in [0.29, 0.717) is 13.2 Å². The molecule has 3 N–H and O–H groups in total. The number of amides is 1. The fraction of sp³-hybridized carbons (Fsp3) is 0.923. The normalized spacial score (nSPS) is 18.4. The molecule has 0 unspecified atom stereocenters. The summed E-state index contributed by atoms with van der Waals surface area (Å²) in [6.45, 7) is 6.82. The third-order valence-electron chi connectivity index (χ3n) is 3.68. The van der Waals surface area contributed by atoms with Crippen LogP contribution in [0.4, 0.5) is 0 Å². The van der Waals surface area contributed by atoms with Gasteiger partial charge in [-0.05, 0) is 38.3 Å². The summed E-state index contributed by atoms with van der Waals surface area (Å²) in [6, 6.07) is 0. The molecule has 0 saturated carbocycles. The number of sulfonamides is 1. The quantitative estimate of drug-likeness (QED) is 0.495. The Balaban J connectivity index is 2.24. The van der Waals surface area contributed by atoms with Gasteiger partial charge >= 0.3 is 0 Å². The number of hydrogen-bond donors (Lipinski definition) is 3. The van der Waals surface area contributed by atoms with Gasteiger partial charge in [0.15, 0.2) is 0 Å². The first kappa shape index (κ1) is 18.3. The van der Waals surface area contributed by atoms with E-state index in [2.05, 4.69) is 22.3 Å². The number of rotatable bonds is 9. The average molecular weight is 321 g/mol. The SMILES string of the molecule is CCOCCS(=O)(=O)NCC(=O)NCC1(C)CCNCC1. The number of ether oxygens (including phenoxy) is 1. The molecule has 0 aromatic carbocycles. The largest absolute Gasteiger partial charge is 0.381 e. The minimum atomic E-state index is -3.45. The van der Waals surface area contributed by atoms with Crippen molar-refractivity contribution in [3.8, 4) is 0 Å². The van der Waals surface area contributed by atoms with Crippen molar-refractivity contribution in [2.45, 2.75) is 26.7 Å². The molecule has 0 bridgehead atoms. The molecular formula is C13H27N3O4S. The zero-order chi connectivity index (χ0) is 15.8. The molecular weight excluding hydrogens is 294 g/mol. The Kier molecular flexibility index (Phi) is 7.58. The van der Waals surface area contributed by atoms with E-state index in [-0.39, 0.29) is 30.2 Å². The van der Waals surface area contributed by atoms with E-state index in [1.807, 2.05) is 0 Å². The van der Waals surface area contributed by atoms with Crippen LogP contribution in [-0.4, -0.2) is 59.5 Å². The molecule has 1 aliphatic heterocycles. The van der Waals surface area contributed by atoms with E-state index in [4.69, 9.17) is 4.74 Å². The molecule has 1 rings (SSSR count). The zero-order valence-corrected chi connectivity index (χ0v) is 13.7. The topological polar surface area (TPSA) is 96.5 Å². The second-order valence-electron chi connectivity index (χ2n) is 5.67. The van der Waals surface area contributed by atoms with Crippen LogP contribution in [0, 0.1) is 5.41 Å². The first-order valence-corrected chi connectivity index (χ1v) is 9.05. The third kappa shape index (κ3) is 7.75. The van der Waals surface area contributed by atoms with E-state index >= 15 is 0 Å². The predicted octanol–water partition coefficient (Wildman–Crippen LogP) is -0.552. The standard InChI is InChI=1S/C13H27N3O4S/c1-3-20-8-9-21(18,19)16-10-12(17)15-11-13(2)4-6-14-7-5-13/h14,16H,3-11H2,1-2H3,(H,15,17). The Morgan fingerprint density at radius 2 is 2.00 bits per heavy atom. The third-order valence-corrected chi connectivity index (χ3v) is 4.96. The van der Waals surface area contributed by atoms with Gasteiger partial charge in [0.1, 0.15) is 0 Å². The summed E-state index contributed by atoms with van der Waals surface area (Å²) in [5.74, 6) is -0.424. The molecule has 0 radical (unpaired) electrons. The van der Waals surface area contributed by atoms with E-state index in [9.17, 15) is 13.2 Å². The maximum Gasteiger partial charge on any atom is 0.235 e. The van der Waals surface area contributed by atoms with Crippen molar-refractivity contribution < 1.29 is 17.9 Å². The highest BCUT2D eigenvalue weighted by molar-refractivity contribution is 7.89. The minimum Gasteiger partial charge on any atom is -0.381 e. The Morgan fingerprint density at radius 1 is 1.33 bits per heavy atom. The highest BCUT2D eigenvalue weighted by Crippen LogP contribution is 2.26. The van der Waals surface area contributed by atoms with Gasteiger partial charge in [0, 0.05) is 13.2 Å². The second-order valence-corrected chi connectivity index (χ2v) is 7.60. The summed E-state index contributed by atoms with van der Waals surface area (Å²) >= 11 is 0. The predicted molar refractivity (Wildman–Crippen MR) is 81.5 cm³/mol. The van der Waals surface area contributed by atoms with Crippen molar-refractivity contribution in [1.82, 2.24) is 15.4 Å². The summed E-state index contributed by atoms with van der Waals surface area (Å²) in [6.07, 6.45) is 2.01. The van der Waals surface area contributed by atoms with Crippen LogP contribution in [0.1, 0.15) is 26.7 Å². The summed E-state index contributed by atoms with van der Waals surface area (Å²) in [5, 5.41) is 6.09. The van der Waals surface area contributed by atoms with Gasteiger partial charge < -0.3 is 15.4 Å². The molecule has 8 heteroatoms. The molecule has 1 amide bonds. The zero-order valence-electron chi connectivity index (χ0n) is 12.9. The second kappa shape index (κ2) is 8.67. The first-order chi connectivity index (χ1) is 9.87. The highest BCUT2D eigenvalue weighted by atomic mass is 32.2. The molecule has 0 aliphatic carbocycles. The Bertz CT molecular complexity index is 419. The molecule has 0 atom stereocenters. The number of nitrogens with one attached hydrogen (secondary N) is 3. The Hall–Kier alpha value is -0.700. The summed E-state index contributed by atoms with van der Waals surface area (Å²) in [4.78, 5) is 11.7. The lowest BCUT2D eigenvalue weighted by molar-refractivity contribution is -0.120. The number of carbonyl (C=O) groups excluding carboxylic acids is 1. The average Bonchev–Trinajstić information content (AvgIpc) is 2.44. The van der Waals surface area contributed by atoms with E-state index in [1.165, 1.54) is 0 Å². The monoisotopic (exact) mass is 321 g/mol. The van der Waals surface area contributed by atoms with Crippen LogP contribution >= 0.6 is 0 Å². The van der Waals surface area contributed by atoms with Crippen molar-refractivity contribution in [3.63, 3.8) is 0 Å².